The fraction of sp³-hybridized carbons (Fsp3) is 0.292. The summed E-state index contributed by atoms with van der Waals surface area (Å²) in [4.78, 5) is 22.2. The first-order valence-corrected chi connectivity index (χ1v) is 12.7. The number of nitrogens with two attached hydrogens (primary N) is 1. The predicted octanol–water partition coefficient (Wildman–Crippen LogP) is 2.97. The Morgan fingerprint density at radius 2 is 1.91 bits per heavy atom. The molecule has 34 heavy (non-hydrogen) atoms. The molecule has 1 aromatic heterocycles. The number of nitrogens with one attached hydrogen (secondary N) is 1. The zero-order chi connectivity index (χ0) is 24.1. The maximum atomic E-state index is 11.4. The number of anilines is 2. The number of rotatable bonds is 8. The molecule has 4 N–H and O–H groups in total. The summed E-state index contributed by atoms with van der Waals surface area (Å²) in [5, 5.41) is 17.7. The van der Waals surface area contributed by atoms with Gasteiger partial charge in [-0.15, -0.1) is 0 Å². The molecule has 0 aliphatic carbocycles. The zero-order valence-electron chi connectivity index (χ0n) is 18.6. The Balaban J connectivity index is 1.48. The number of benzene rings is 2. The highest BCUT2D eigenvalue weighted by atomic mass is 32.2. The lowest BCUT2D eigenvalue weighted by atomic mass is 9.97. The van der Waals surface area contributed by atoms with Gasteiger partial charge in [-0.3, -0.25) is 9.69 Å². The normalized spacial score (nSPS) is 16.8. The van der Waals surface area contributed by atoms with Gasteiger partial charge in [-0.2, -0.15) is 0 Å². The number of carboxylic acid groups (broad SMARTS) is 1. The van der Waals surface area contributed by atoms with Crippen LogP contribution in [-0.2, 0) is 27.1 Å². The molecule has 2 aromatic carbocycles. The van der Waals surface area contributed by atoms with Crippen molar-refractivity contribution < 1.29 is 18.3 Å². The minimum Gasteiger partial charge on any atom is -0.481 e. The summed E-state index contributed by atoms with van der Waals surface area (Å²) in [6.07, 6.45) is 3.09. The van der Waals surface area contributed by atoms with Gasteiger partial charge in [0.15, 0.2) is 0 Å². The van der Waals surface area contributed by atoms with E-state index in [0.29, 0.717) is 30.2 Å². The molecular weight excluding hydrogens is 454 g/mol. The molecule has 0 bridgehead atoms. The maximum Gasteiger partial charge on any atom is 0.307 e. The third-order valence-corrected chi connectivity index (χ3v) is 6.45. The van der Waals surface area contributed by atoms with E-state index in [1.54, 1.807) is 18.2 Å². The summed E-state index contributed by atoms with van der Waals surface area (Å²) >= 11 is 0. The third-order valence-electron chi connectivity index (χ3n) is 5.72. The van der Waals surface area contributed by atoms with Crippen LogP contribution in [0.2, 0.25) is 0 Å². The van der Waals surface area contributed by atoms with Gasteiger partial charge in [0.1, 0.15) is 12.1 Å². The van der Waals surface area contributed by atoms with E-state index in [1.165, 1.54) is 6.33 Å². The molecule has 0 saturated carbocycles. The molecule has 2 heterocycles. The Kier molecular flexibility index (Phi) is 7.20. The van der Waals surface area contributed by atoms with Crippen molar-refractivity contribution in [1.29, 1.82) is 0 Å². The number of aliphatic carboxylic acids is 1. The average Bonchev–Trinajstić information content (AvgIpc) is 2.79. The van der Waals surface area contributed by atoms with Gasteiger partial charge in [-0.05, 0) is 48.7 Å². The molecule has 1 atom stereocenters. The highest BCUT2D eigenvalue weighted by Gasteiger charge is 2.25. The summed E-state index contributed by atoms with van der Waals surface area (Å²) in [6.45, 7) is 2.14. The van der Waals surface area contributed by atoms with Gasteiger partial charge in [0, 0.05) is 30.4 Å². The number of primary sulfonamides is 1. The van der Waals surface area contributed by atoms with Crippen molar-refractivity contribution >= 4 is 27.5 Å². The number of carbonyl (C=O) groups is 1. The van der Waals surface area contributed by atoms with Gasteiger partial charge in [0.2, 0.25) is 10.0 Å². The Hall–Kier alpha value is -3.34. The van der Waals surface area contributed by atoms with Gasteiger partial charge in [-0.25, -0.2) is 23.5 Å². The minimum absolute atomic E-state index is 0.242. The van der Waals surface area contributed by atoms with Crippen LogP contribution in [-0.4, -0.2) is 47.5 Å². The summed E-state index contributed by atoms with van der Waals surface area (Å²) in [5.74, 6) is -0.705. The van der Waals surface area contributed by atoms with E-state index < -0.39 is 16.0 Å². The molecule has 0 radical (unpaired) electrons. The smallest absolute Gasteiger partial charge is 0.307 e. The van der Waals surface area contributed by atoms with Crippen molar-refractivity contribution in [3.8, 4) is 11.3 Å². The lowest BCUT2D eigenvalue weighted by molar-refractivity contribution is -0.143. The Morgan fingerprint density at radius 3 is 2.71 bits per heavy atom. The monoisotopic (exact) mass is 481 g/mol. The summed E-state index contributed by atoms with van der Waals surface area (Å²) in [6, 6.07) is 16.8. The second-order valence-corrected chi connectivity index (χ2v) is 10.1. The Labute approximate surface area is 198 Å². The lowest BCUT2D eigenvalue weighted by Crippen LogP contribution is -2.38. The number of piperidine rings is 1. The first kappa shape index (κ1) is 23.8. The van der Waals surface area contributed by atoms with Crippen LogP contribution >= 0.6 is 0 Å². The number of sulfonamides is 1. The maximum absolute atomic E-state index is 11.4. The highest BCUT2D eigenvalue weighted by Crippen LogP contribution is 2.24. The standard InChI is InChI=1S/C24H27N5O4S/c25-34(32,33)15-18-5-2-8-21(11-18)28-23-12-22(26-16-27-23)19-6-1-4-17(10-19)13-29-9-3-7-20(14-29)24(30)31/h1-2,4-6,8,10-12,16,20H,3,7,9,13-15H2,(H,30,31)(H2,25,32,33)(H,26,27,28). The topological polar surface area (TPSA) is 139 Å². The molecule has 0 amide bonds. The molecule has 4 rings (SSSR count). The SMILES string of the molecule is NS(=O)(=O)Cc1cccc(Nc2cc(-c3cccc(CN4CCCC(C(=O)O)C4)c3)ncn2)c1. The molecule has 1 saturated heterocycles. The molecular formula is C24H27N5O4S. The van der Waals surface area contributed by atoms with Crippen molar-refractivity contribution in [1.82, 2.24) is 14.9 Å². The van der Waals surface area contributed by atoms with E-state index in [1.807, 2.05) is 30.3 Å². The van der Waals surface area contributed by atoms with Crippen molar-refractivity contribution in [2.24, 2.45) is 11.1 Å². The van der Waals surface area contributed by atoms with Gasteiger partial charge in [0.25, 0.3) is 0 Å². The van der Waals surface area contributed by atoms with E-state index in [-0.39, 0.29) is 11.7 Å². The third kappa shape index (κ3) is 6.60. The van der Waals surface area contributed by atoms with Crippen LogP contribution in [0.15, 0.2) is 60.9 Å². The number of nitrogens with zero attached hydrogens (tertiary/aromatic N) is 3. The number of hydrogen-bond acceptors (Lipinski definition) is 7. The minimum atomic E-state index is -3.62. The first-order chi connectivity index (χ1) is 16.2. The Morgan fingerprint density at radius 1 is 1.12 bits per heavy atom. The van der Waals surface area contributed by atoms with Crippen LogP contribution in [0.5, 0.6) is 0 Å². The van der Waals surface area contributed by atoms with Crippen LogP contribution in [0.25, 0.3) is 11.3 Å². The predicted molar refractivity (Wildman–Crippen MR) is 130 cm³/mol. The highest BCUT2D eigenvalue weighted by molar-refractivity contribution is 7.88. The van der Waals surface area contributed by atoms with Crippen LogP contribution in [0.3, 0.4) is 0 Å². The molecule has 1 fully saturated rings. The molecule has 3 aromatic rings. The summed E-state index contributed by atoms with van der Waals surface area (Å²) in [5.41, 5.74) is 4.03. The number of aromatic nitrogens is 2. The van der Waals surface area contributed by atoms with Crippen LogP contribution in [0.1, 0.15) is 24.0 Å². The summed E-state index contributed by atoms with van der Waals surface area (Å²) in [7, 11) is -3.62. The van der Waals surface area contributed by atoms with Crippen LogP contribution < -0.4 is 10.5 Å². The average molecular weight is 482 g/mol. The molecule has 178 valence electrons. The van der Waals surface area contributed by atoms with E-state index in [9.17, 15) is 18.3 Å². The van der Waals surface area contributed by atoms with Crippen LogP contribution in [0, 0.1) is 5.92 Å². The number of likely N-dealkylation sites (tertiary alicyclic amines) is 1. The Bertz CT molecular complexity index is 1280. The number of carboxylic acids is 1. The second kappa shape index (κ2) is 10.3. The fourth-order valence-electron chi connectivity index (χ4n) is 4.19. The molecule has 1 aliphatic rings. The molecule has 1 unspecified atom stereocenters. The molecule has 9 nitrogen and oxygen atoms in total. The van der Waals surface area contributed by atoms with E-state index >= 15 is 0 Å². The van der Waals surface area contributed by atoms with E-state index in [2.05, 4.69) is 26.3 Å². The van der Waals surface area contributed by atoms with E-state index in [0.717, 1.165) is 36.2 Å². The lowest BCUT2D eigenvalue weighted by Gasteiger charge is -2.30. The van der Waals surface area contributed by atoms with E-state index in [4.69, 9.17) is 5.14 Å². The quantitative estimate of drug-likeness (QED) is 0.446. The summed E-state index contributed by atoms with van der Waals surface area (Å²) < 4.78 is 22.8. The largest absolute Gasteiger partial charge is 0.481 e. The van der Waals surface area contributed by atoms with Crippen molar-refractivity contribution in [2.75, 3.05) is 18.4 Å². The van der Waals surface area contributed by atoms with Gasteiger partial charge < -0.3 is 10.4 Å². The van der Waals surface area contributed by atoms with Crippen molar-refractivity contribution in [3.05, 3.63) is 72.1 Å². The molecule has 10 heteroatoms. The number of hydrogen-bond donors (Lipinski definition) is 3. The molecule has 1 aliphatic heterocycles. The fourth-order valence-corrected chi connectivity index (χ4v) is 4.83. The van der Waals surface area contributed by atoms with Gasteiger partial charge in [0.05, 0.1) is 17.4 Å². The van der Waals surface area contributed by atoms with Gasteiger partial charge in [-0.1, -0.05) is 30.3 Å². The van der Waals surface area contributed by atoms with Crippen LogP contribution in [0.4, 0.5) is 11.5 Å². The van der Waals surface area contributed by atoms with Gasteiger partial charge >= 0.3 is 5.97 Å². The van der Waals surface area contributed by atoms with Crippen molar-refractivity contribution in [2.45, 2.75) is 25.1 Å². The second-order valence-electron chi connectivity index (χ2n) is 8.53. The molecule has 0 spiro atoms. The van der Waals surface area contributed by atoms with Crippen molar-refractivity contribution in [3.63, 3.8) is 0 Å². The first-order valence-electron chi connectivity index (χ1n) is 11.0. The zero-order valence-corrected chi connectivity index (χ0v) is 19.4.